The largest absolute Gasteiger partial charge is 0.481 e. The van der Waals surface area contributed by atoms with Gasteiger partial charge in [0, 0.05) is 12.1 Å². The molecule has 0 aliphatic rings. The van der Waals surface area contributed by atoms with Gasteiger partial charge in [0.15, 0.2) is 5.78 Å². The van der Waals surface area contributed by atoms with Crippen molar-refractivity contribution in [3.05, 3.63) is 35.9 Å². The first-order chi connectivity index (χ1) is 9.97. The summed E-state index contributed by atoms with van der Waals surface area (Å²) in [5.74, 6) is -3.60. The van der Waals surface area contributed by atoms with Crippen molar-refractivity contribution in [3.63, 3.8) is 0 Å². The van der Waals surface area contributed by atoms with Gasteiger partial charge in [0.1, 0.15) is 5.92 Å². The lowest BCUT2D eigenvalue weighted by Gasteiger charge is -2.13. The Hall–Kier alpha value is -2.54. The average Bonchev–Trinajstić information content (AvgIpc) is 2.50. The highest BCUT2D eigenvalue weighted by molar-refractivity contribution is 6.42. The molecule has 7 nitrogen and oxygen atoms in total. The molecule has 0 fully saturated rings. The quantitative estimate of drug-likeness (QED) is 0.502. The maximum absolute atomic E-state index is 11.8. The van der Waals surface area contributed by atoms with Gasteiger partial charge < -0.3 is 21.6 Å². The van der Waals surface area contributed by atoms with Crippen LogP contribution in [0.3, 0.4) is 0 Å². The summed E-state index contributed by atoms with van der Waals surface area (Å²) in [7, 11) is 0. The van der Waals surface area contributed by atoms with E-state index in [1.807, 2.05) is 0 Å². The molecule has 1 aromatic rings. The van der Waals surface area contributed by atoms with Crippen LogP contribution in [0.15, 0.2) is 30.3 Å². The van der Waals surface area contributed by atoms with Crippen LogP contribution in [0.5, 0.6) is 0 Å². The molecule has 0 aliphatic carbocycles. The van der Waals surface area contributed by atoms with Gasteiger partial charge in [-0.25, -0.2) is 0 Å². The van der Waals surface area contributed by atoms with Crippen molar-refractivity contribution < 1.29 is 19.5 Å². The van der Waals surface area contributed by atoms with Gasteiger partial charge in [-0.2, -0.15) is 0 Å². The molecule has 1 unspecified atom stereocenters. The van der Waals surface area contributed by atoms with Crippen LogP contribution in [0, 0.1) is 11.3 Å². The number of Topliss-reactive ketones (excluding diaryl/α,β-unsaturated/α-hetero) is 1. The highest BCUT2D eigenvalue weighted by Crippen LogP contribution is 2.06. The molecule has 0 saturated carbocycles. The molecule has 1 rings (SSSR count). The number of nitrogens with one attached hydrogen (secondary N) is 2. The Kier molecular flexibility index (Phi) is 6.22. The zero-order chi connectivity index (χ0) is 15.8. The SMILES string of the molecule is N=C(C(=O)CN)C(CCNC(=O)c1ccccc1)C(=O)O. The molecule has 1 amide bonds. The Morgan fingerprint density at radius 2 is 1.86 bits per heavy atom. The number of carbonyl (C=O) groups is 3. The fourth-order valence-corrected chi connectivity index (χ4v) is 1.72. The maximum Gasteiger partial charge on any atom is 0.312 e. The van der Waals surface area contributed by atoms with E-state index in [2.05, 4.69) is 5.32 Å². The molecule has 0 aromatic heterocycles. The fourth-order valence-electron chi connectivity index (χ4n) is 1.72. The molecule has 0 radical (unpaired) electrons. The van der Waals surface area contributed by atoms with E-state index in [0.29, 0.717) is 5.56 Å². The summed E-state index contributed by atoms with van der Waals surface area (Å²) in [6.45, 7) is -0.357. The summed E-state index contributed by atoms with van der Waals surface area (Å²) in [5.41, 5.74) is 5.02. The molecule has 21 heavy (non-hydrogen) atoms. The van der Waals surface area contributed by atoms with E-state index < -0.39 is 29.9 Å². The van der Waals surface area contributed by atoms with Gasteiger partial charge >= 0.3 is 5.97 Å². The van der Waals surface area contributed by atoms with E-state index in [1.54, 1.807) is 30.3 Å². The molecule has 0 spiro atoms. The van der Waals surface area contributed by atoms with E-state index in [4.69, 9.17) is 16.2 Å². The van der Waals surface area contributed by atoms with Crippen molar-refractivity contribution >= 4 is 23.4 Å². The van der Waals surface area contributed by atoms with Crippen LogP contribution in [0.25, 0.3) is 0 Å². The van der Waals surface area contributed by atoms with Crippen molar-refractivity contribution in [2.45, 2.75) is 6.42 Å². The molecule has 1 aromatic carbocycles. The smallest absolute Gasteiger partial charge is 0.312 e. The van der Waals surface area contributed by atoms with Crippen LogP contribution in [0.1, 0.15) is 16.8 Å². The van der Waals surface area contributed by atoms with Gasteiger partial charge in [-0.15, -0.1) is 0 Å². The monoisotopic (exact) mass is 291 g/mol. The molecule has 5 N–H and O–H groups in total. The lowest BCUT2D eigenvalue weighted by molar-refractivity contribution is -0.140. The molecule has 7 heteroatoms. The number of carboxylic acid groups (broad SMARTS) is 1. The lowest BCUT2D eigenvalue weighted by atomic mass is 9.96. The van der Waals surface area contributed by atoms with Crippen molar-refractivity contribution in [2.24, 2.45) is 11.7 Å². The first-order valence-electron chi connectivity index (χ1n) is 6.35. The van der Waals surface area contributed by atoms with Crippen molar-refractivity contribution in [1.82, 2.24) is 5.32 Å². The molecule has 0 saturated heterocycles. The Morgan fingerprint density at radius 3 is 2.38 bits per heavy atom. The maximum atomic E-state index is 11.8. The van der Waals surface area contributed by atoms with Crippen LogP contribution in [-0.2, 0) is 9.59 Å². The van der Waals surface area contributed by atoms with Crippen molar-refractivity contribution in [1.29, 1.82) is 5.41 Å². The Morgan fingerprint density at radius 1 is 1.24 bits per heavy atom. The highest BCUT2D eigenvalue weighted by Gasteiger charge is 2.26. The topological polar surface area (TPSA) is 133 Å². The number of rotatable bonds is 8. The number of nitrogens with two attached hydrogens (primary N) is 1. The lowest BCUT2D eigenvalue weighted by Crippen LogP contribution is -2.36. The van der Waals surface area contributed by atoms with Crippen LogP contribution in [0.4, 0.5) is 0 Å². The van der Waals surface area contributed by atoms with Gasteiger partial charge in [-0.3, -0.25) is 14.4 Å². The van der Waals surface area contributed by atoms with Crippen molar-refractivity contribution in [2.75, 3.05) is 13.1 Å². The minimum Gasteiger partial charge on any atom is -0.481 e. The second-order valence-electron chi connectivity index (χ2n) is 4.34. The third-order valence-electron chi connectivity index (χ3n) is 2.89. The highest BCUT2D eigenvalue weighted by atomic mass is 16.4. The summed E-state index contributed by atoms with van der Waals surface area (Å²) in [6.07, 6.45) is -0.0432. The van der Waals surface area contributed by atoms with Crippen LogP contribution in [-0.4, -0.2) is 41.6 Å². The number of benzene rings is 1. The van der Waals surface area contributed by atoms with E-state index in [1.165, 1.54) is 0 Å². The summed E-state index contributed by atoms with van der Waals surface area (Å²) in [4.78, 5) is 34.1. The van der Waals surface area contributed by atoms with E-state index in [0.717, 1.165) is 0 Å². The molecule has 0 bridgehead atoms. The minimum absolute atomic E-state index is 0.0432. The zero-order valence-corrected chi connectivity index (χ0v) is 11.3. The molecule has 1 atom stereocenters. The third-order valence-corrected chi connectivity index (χ3v) is 2.89. The summed E-state index contributed by atoms with van der Waals surface area (Å²) >= 11 is 0. The van der Waals surface area contributed by atoms with Gasteiger partial charge in [0.2, 0.25) is 0 Å². The van der Waals surface area contributed by atoms with Gasteiger partial charge in [0.05, 0.1) is 12.3 Å². The number of aliphatic carboxylic acids is 1. The van der Waals surface area contributed by atoms with Crippen LogP contribution >= 0.6 is 0 Å². The molecular weight excluding hydrogens is 274 g/mol. The Labute approximate surface area is 121 Å². The normalized spacial score (nSPS) is 11.5. The Bertz CT molecular complexity index is 542. The van der Waals surface area contributed by atoms with Gasteiger partial charge in [-0.05, 0) is 18.6 Å². The number of hydrogen-bond donors (Lipinski definition) is 4. The minimum atomic E-state index is -1.28. The third kappa shape index (κ3) is 4.81. The average molecular weight is 291 g/mol. The summed E-state index contributed by atoms with van der Waals surface area (Å²) < 4.78 is 0. The molecular formula is C14H17N3O4. The first kappa shape index (κ1) is 16.5. The van der Waals surface area contributed by atoms with Crippen LogP contribution < -0.4 is 11.1 Å². The van der Waals surface area contributed by atoms with E-state index in [-0.39, 0.29) is 18.9 Å². The summed E-state index contributed by atoms with van der Waals surface area (Å²) in [5, 5.41) is 19.1. The fraction of sp³-hybridized carbons (Fsp3) is 0.286. The second kappa shape index (κ2) is 7.91. The molecule has 0 aliphatic heterocycles. The number of carboxylic acids is 1. The second-order valence-corrected chi connectivity index (χ2v) is 4.34. The number of amides is 1. The number of carbonyl (C=O) groups excluding carboxylic acids is 2. The van der Waals surface area contributed by atoms with E-state index >= 15 is 0 Å². The van der Waals surface area contributed by atoms with Crippen LogP contribution in [0.2, 0.25) is 0 Å². The molecule has 0 heterocycles. The predicted octanol–water partition coefficient (Wildman–Crippen LogP) is 0.0549. The van der Waals surface area contributed by atoms with Gasteiger partial charge in [0.25, 0.3) is 5.91 Å². The van der Waals surface area contributed by atoms with Gasteiger partial charge in [-0.1, -0.05) is 18.2 Å². The molecule has 112 valence electrons. The number of hydrogen-bond acceptors (Lipinski definition) is 5. The zero-order valence-electron chi connectivity index (χ0n) is 11.3. The number of ketones is 1. The van der Waals surface area contributed by atoms with Crippen molar-refractivity contribution in [3.8, 4) is 0 Å². The standard InChI is InChI=1S/C14H17N3O4/c15-8-11(18)12(16)10(14(20)21)6-7-17-13(19)9-4-2-1-3-5-9/h1-5,10,16H,6-8,15H2,(H,17,19)(H,20,21). The Balaban J connectivity index is 2.55. The predicted molar refractivity (Wildman–Crippen MR) is 76.3 cm³/mol. The van der Waals surface area contributed by atoms with E-state index in [9.17, 15) is 14.4 Å². The summed E-state index contributed by atoms with van der Waals surface area (Å²) in [6, 6.07) is 8.46. The first-order valence-corrected chi connectivity index (χ1v) is 6.35.